The second-order valence-electron chi connectivity index (χ2n) is 3.14. The lowest BCUT2D eigenvalue weighted by Crippen LogP contribution is -2.43. The van der Waals surface area contributed by atoms with Crippen LogP contribution in [0.1, 0.15) is 6.92 Å². The lowest BCUT2D eigenvalue weighted by atomic mass is 10.3. The fourth-order valence-corrected chi connectivity index (χ4v) is 1.35. The van der Waals surface area contributed by atoms with Gasteiger partial charge in [0, 0.05) is 13.5 Å². The van der Waals surface area contributed by atoms with Crippen molar-refractivity contribution in [3.8, 4) is 5.75 Å². The van der Waals surface area contributed by atoms with Gasteiger partial charge in [-0.2, -0.15) is 0 Å². The van der Waals surface area contributed by atoms with Gasteiger partial charge >= 0.3 is 0 Å². The van der Waals surface area contributed by atoms with Crippen LogP contribution in [0.4, 0.5) is 0 Å². The topological polar surface area (TPSA) is 30.5 Å². The Balaban J connectivity index is 2.05. The summed E-state index contributed by atoms with van der Waals surface area (Å²) in [5.74, 6) is 0.167. The quantitative estimate of drug-likeness (QED) is 0.743. The molecule has 1 aromatic carbocycles. The van der Waals surface area contributed by atoms with Gasteiger partial charge in [-0.1, -0.05) is 18.2 Å². The lowest BCUT2D eigenvalue weighted by molar-refractivity contribution is -0.148. The minimum atomic E-state index is -0.651. The van der Waals surface area contributed by atoms with E-state index in [9.17, 15) is 0 Å². The van der Waals surface area contributed by atoms with E-state index in [0.717, 1.165) is 12.3 Å². The van der Waals surface area contributed by atoms with Gasteiger partial charge in [0.05, 0.1) is 6.61 Å². The van der Waals surface area contributed by atoms with Gasteiger partial charge in [0.15, 0.2) is 0 Å². The van der Waals surface area contributed by atoms with Gasteiger partial charge in [-0.05, 0) is 12.1 Å². The maximum Gasteiger partial charge on any atom is 0.267 e. The van der Waals surface area contributed by atoms with Gasteiger partial charge in [0.1, 0.15) is 5.75 Å². The Labute approximate surface area is 77.7 Å². The first-order chi connectivity index (χ1) is 6.29. The zero-order valence-corrected chi connectivity index (χ0v) is 7.62. The highest BCUT2D eigenvalue weighted by Gasteiger charge is 2.31. The fourth-order valence-electron chi connectivity index (χ4n) is 1.35. The van der Waals surface area contributed by atoms with E-state index in [0.29, 0.717) is 6.61 Å². The van der Waals surface area contributed by atoms with E-state index in [-0.39, 0.29) is 0 Å². The van der Waals surface area contributed by atoms with E-state index in [1.807, 2.05) is 37.3 Å². The average Bonchev–Trinajstić information content (AvgIpc) is 2.54. The zero-order chi connectivity index (χ0) is 9.15. The van der Waals surface area contributed by atoms with Crippen LogP contribution >= 0.6 is 0 Å². The van der Waals surface area contributed by atoms with Gasteiger partial charge in [-0.25, -0.2) is 0 Å². The number of para-hydroxylation sites is 1. The molecule has 0 saturated carbocycles. The summed E-state index contributed by atoms with van der Waals surface area (Å²) >= 11 is 0. The van der Waals surface area contributed by atoms with E-state index in [1.165, 1.54) is 0 Å². The maximum atomic E-state index is 5.63. The van der Waals surface area contributed by atoms with Gasteiger partial charge in [0.25, 0.3) is 5.91 Å². The van der Waals surface area contributed by atoms with Crippen LogP contribution in [0.5, 0.6) is 5.75 Å². The van der Waals surface area contributed by atoms with Gasteiger partial charge in [-0.3, -0.25) is 5.32 Å². The number of hydrogen-bond acceptors (Lipinski definition) is 3. The van der Waals surface area contributed by atoms with Crippen LogP contribution < -0.4 is 10.1 Å². The third-order valence-electron chi connectivity index (χ3n) is 1.98. The highest BCUT2D eigenvalue weighted by Crippen LogP contribution is 2.19. The van der Waals surface area contributed by atoms with Crippen molar-refractivity contribution in [1.82, 2.24) is 5.32 Å². The van der Waals surface area contributed by atoms with E-state index in [1.54, 1.807) is 0 Å². The molecule has 1 atom stereocenters. The van der Waals surface area contributed by atoms with Crippen LogP contribution in [0.3, 0.4) is 0 Å². The van der Waals surface area contributed by atoms with Crippen LogP contribution in [0.15, 0.2) is 30.3 Å². The Morgan fingerprint density at radius 2 is 2.15 bits per heavy atom. The van der Waals surface area contributed by atoms with Crippen LogP contribution in [-0.4, -0.2) is 19.1 Å². The van der Waals surface area contributed by atoms with E-state index < -0.39 is 5.91 Å². The molecule has 1 fully saturated rings. The number of nitrogens with one attached hydrogen (secondary N) is 1. The van der Waals surface area contributed by atoms with Crippen molar-refractivity contribution in [2.24, 2.45) is 0 Å². The van der Waals surface area contributed by atoms with Crippen molar-refractivity contribution in [3.63, 3.8) is 0 Å². The molecule has 3 nitrogen and oxygen atoms in total. The zero-order valence-electron chi connectivity index (χ0n) is 7.62. The second-order valence-corrected chi connectivity index (χ2v) is 3.14. The molecular formula is C10H13NO2. The van der Waals surface area contributed by atoms with Crippen molar-refractivity contribution < 1.29 is 9.47 Å². The summed E-state index contributed by atoms with van der Waals surface area (Å²) in [6.45, 7) is 3.42. The highest BCUT2D eigenvalue weighted by atomic mass is 16.7. The third kappa shape index (κ3) is 1.99. The van der Waals surface area contributed by atoms with E-state index in [4.69, 9.17) is 9.47 Å². The van der Waals surface area contributed by atoms with Crippen LogP contribution in [0.25, 0.3) is 0 Å². The molecule has 1 heterocycles. The fraction of sp³-hybridized carbons (Fsp3) is 0.400. The van der Waals surface area contributed by atoms with Crippen molar-refractivity contribution >= 4 is 0 Å². The summed E-state index contributed by atoms with van der Waals surface area (Å²) in [4.78, 5) is 0. The minimum Gasteiger partial charge on any atom is -0.449 e. The Bertz CT molecular complexity index is 268. The van der Waals surface area contributed by atoms with Gasteiger partial charge < -0.3 is 9.47 Å². The number of benzene rings is 1. The Hall–Kier alpha value is -1.06. The predicted molar refractivity (Wildman–Crippen MR) is 49.4 cm³/mol. The van der Waals surface area contributed by atoms with Crippen LogP contribution in [-0.2, 0) is 4.74 Å². The molecule has 1 N–H and O–H groups in total. The highest BCUT2D eigenvalue weighted by molar-refractivity contribution is 5.21. The van der Waals surface area contributed by atoms with E-state index >= 15 is 0 Å². The van der Waals surface area contributed by atoms with E-state index in [2.05, 4.69) is 5.32 Å². The predicted octanol–water partition coefficient (Wildman–Crippen LogP) is 1.36. The number of hydrogen-bond donors (Lipinski definition) is 1. The SMILES string of the molecule is CC1(Oc2ccccc2)NCCO1. The molecule has 3 heteroatoms. The monoisotopic (exact) mass is 179 g/mol. The first-order valence-electron chi connectivity index (χ1n) is 4.42. The number of rotatable bonds is 2. The standard InChI is InChI=1S/C10H13NO2/c1-10(11-7-8-12-10)13-9-5-3-2-4-6-9/h2-6,11H,7-8H2,1H3. The molecule has 0 aliphatic carbocycles. The average molecular weight is 179 g/mol. The maximum absolute atomic E-state index is 5.63. The summed E-state index contributed by atoms with van der Waals surface area (Å²) < 4.78 is 11.0. The Morgan fingerprint density at radius 1 is 1.38 bits per heavy atom. The Kier molecular flexibility index (Phi) is 2.20. The summed E-state index contributed by atoms with van der Waals surface area (Å²) in [6, 6.07) is 9.66. The normalized spacial score (nSPS) is 27.5. The lowest BCUT2D eigenvalue weighted by Gasteiger charge is -2.24. The Morgan fingerprint density at radius 3 is 2.77 bits per heavy atom. The van der Waals surface area contributed by atoms with Crippen molar-refractivity contribution in [2.75, 3.05) is 13.2 Å². The molecule has 0 bridgehead atoms. The number of ether oxygens (including phenoxy) is 2. The molecule has 1 unspecified atom stereocenters. The largest absolute Gasteiger partial charge is 0.449 e. The molecule has 1 aliphatic rings. The molecular weight excluding hydrogens is 166 g/mol. The molecule has 70 valence electrons. The van der Waals surface area contributed by atoms with Gasteiger partial charge in [0.2, 0.25) is 0 Å². The molecule has 1 saturated heterocycles. The summed E-state index contributed by atoms with van der Waals surface area (Å²) in [6.07, 6.45) is 0. The molecule has 0 aromatic heterocycles. The smallest absolute Gasteiger partial charge is 0.267 e. The first kappa shape index (κ1) is 8.53. The third-order valence-corrected chi connectivity index (χ3v) is 1.98. The van der Waals surface area contributed by atoms with Crippen LogP contribution in [0, 0.1) is 0 Å². The molecule has 0 amide bonds. The summed E-state index contributed by atoms with van der Waals surface area (Å²) in [7, 11) is 0. The summed E-state index contributed by atoms with van der Waals surface area (Å²) in [5, 5.41) is 3.14. The molecule has 0 radical (unpaired) electrons. The van der Waals surface area contributed by atoms with Crippen molar-refractivity contribution in [3.05, 3.63) is 30.3 Å². The van der Waals surface area contributed by atoms with Crippen LogP contribution in [0.2, 0.25) is 0 Å². The van der Waals surface area contributed by atoms with Crippen molar-refractivity contribution in [2.45, 2.75) is 12.8 Å². The molecule has 0 spiro atoms. The molecule has 13 heavy (non-hydrogen) atoms. The molecule has 1 aliphatic heterocycles. The molecule has 2 rings (SSSR count). The van der Waals surface area contributed by atoms with Crippen molar-refractivity contribution in [1.29, 1.82) is 0 Å². The summed E-state index contributed by atoms with van der Waals surface area (Å²) in [5.41, 5.74) is 0. The minimum absolute atomic E-state index is 0.651. The van der Waals surface area contributed by atoms with Gasteiger partial charge in [-0.15, -0.1) is 0 Å². The molecule has 1 aromatic rings. The second kappa shape index (κ2) is 3.36. The first-order valence-corrected chi connectivity index (χ1v) is 4.42.